The van der Waals surface area contributed by atoms with E-state index >= 15 is 0 Å². The highest BCUT2D eigenvalue weighted by molar-refractivity contribution is 7.10. The molecule has 0 aliphatic rings. The van der Waals surface area contributed by atoms with Crippen LogP contribution in [0.2, 0.25) is 0 Å². The number of alkyl halides is 3. The molecule has 146 valence electrons. The maximum atomic E-state index is 12.9. The number of thiophene rings is 1. The minimum absolute atomic E-state index is 0.0800. The zero-order valence-electron chi connectivity index (χ0n) is 14.7. The van der Waals surface area contributed by atoms with Gasteiger partial charge in [-0.15, -0.1) is 11.3 Å². The zero-order chi connectivity index (χ0) is 20.1. The van der Waals surface area contributed by atoms with Crippen LogP contribution in [0.5, 0.6) is 0 Å². The summed E-state index contributed by atoms with van der Waals surface area (Å²) in [6.07, 6.45) is -4.04. The van der Waals surface area contributed by atoms with E-state index in [-0.39, 0.29) is 18.6 Å². The molecule has 2 aromatic carbocycles. The lowest BCUT2D eigenvalue weighted by molar-refractivity contribution is -0.137. The van der Waals surface area contributed by atoms with Gasteiger partial charge in [0.25, 0.3) is 5.91 Å². The molecule has 0 aliphatic heterocycles. The SMILES string of the molecule is O=C(NC(CCO)c1cccs1)c1ccccc1-c1ccc(C(F)(F)F)cc1. The van der Waals surface area contributed by atoms with Crippen molar-refractivity contribution in [3.05, 3.63) is 82.0 Å². The molecule has 3 rings (SSSR count). The maximum Gasteiger partial charge on any atom is 0.416 e. The summed E-state index contributed by atoms with van der Waals surface area (Å²) in [5.74, 6) is -0.345. The Morgan fingerprint density at radius 3 is 2.36 bits per heavy atom. The number of nitrogens with one attached hydrogen (secondary N) is 1. The Balaban J connectivity index is 1.88. The van der Waals surface area contributed by atoms with Gasteiger partial charge in [0.2, 0.25) is 0 Å². The highest BCUT2D eigenvalue weighted by Gasteiger charge is 2.30. The Morgan fingerprint density at radius 1 is 1.04 bits per heavy atom. The average Bonchev–Trinajstić information content (AvgIpc) is 3.22. The minimum atomic E-state index is -4.41. The highest BCUT2D eigenvalue weighted by Crippen LogP contribution is 2.32. The van der Waals surface area contributed by atoms with E-state index in [4.69, 9.17) is 0 Å². The molecule has 0 saturated carbocycles. The summed E-state index contributed by atoms with van der Waals surface area (Å²) in [7, 11) is 0. The molecule has 1 atom stereocenters. The molecule has 1 unspecified atom stereocenters. The number of carbonyl (C=O) groups is 1. The second-order valence-electron chi connectivity index (χ2n) is 6.17. The summed E-state index contributed by atoms with van der Waals surface area (Å²) in [6, 6.07) is 14.9. The largest absolute Gasteiger partial charge is 0.416 e. The fourth-order valence-corrected chi connectivity index (χ4v) is 3.72. The van der Waals surface area contributed by atoms with E-state index in [1.807, 2.05) is 17.5 Å². The van der Waals surface area contributed by atoms with E-state index in [0.717, 1.165) is 17.0 Å². The van der Waals surface area contributed by atoms with Crippen molar-refractivity contribution in [3.8, 4) is 11.1 Å². The number of benzene rings is 2. The number of aliphatic hydroxyl groups excluding tert-OH is 1. The van der Waals surface area contributed by atoms with E-state index in [2.05, 4.69) is 5.32 Å². The van der Waals surface area contributed by atoms with Crippen LogP contribution in [0.1, 0.15) is 33.3 Å². The molecule has 3 nitrogen and oxygen atoms in total. The molecule has 1 amide bonds. The van der Waals surface area contributed by atoms with Crippen LogP contribution >= 0.6 is 11.3 Å². The summed E-state index contributed by atoms with van der Waals surface area (Å²) in [4.78, 5) is 13.8. The van der Waals surface area contributed by atoms with Gasteiger partial charge >= 0.3 is 6.18 Å². The molecular weight excluding hydrogens is 387 g/mol. The Labute approximate surface area is 164 Å². The molecule has 0 aliphatic carbocycles. The fourth-order valence-electron chi connectivity index (χ4n) is 2.91. The summed E-state index contributed by atoms with van der Waals surface area (Å²) >= 11 is 1.48. The van der Waals surface area contributed by atoms with Crippen LogP contribution < -0.4 is 5.32 Å². The number of hydrogen-bond donors (Lipinski definition) is 2. The van der Waals surface area contributed by atoms with Crippen LogP contribution in [-0.2, 0) is 6.18 Å². The number of halogens is 3. The van der Waals surface area contributed by atoms with Crippen molar-refractivity contribution in [2.75, 3.05) is 6.61 Å². The highest BCUT2D eigenvalue weighted by atomic mass is 32.1. The van der Waals surface area contributed by atoms with Gasteiger partial charge in [0, 0.05) is 17.0 Å². The first-order valence-corrected chi connectivity index (χ1v) is 9.50. The maximum absolute atomic E-state index is 12.9. The molecule has 0 spiro atoms. The molecule has 3 aromatic rings. The molecule has 1 aromatic heterocycles. The smallest absolute Gasteiger partial charge is 0.396 e. The third kappa shape index (κ3) is 4.61. The van der Waals surface area contributed by atoms with Crippen LogP contribution in [0.15, 0.2) is 66.0 Å². The normalized spacial score (nSPS) is 12.6. The van der Waals surface area contributed by atoms with Gasteiger partial charge in [0.05, 0.1) is 11.6 Å². The van der Waals surface area contributed by atoms with Crippen LogP contribution in [-0.4, -0.2) is 17.6 Å². The Morgan fingerprint density at radius 2 is 1.75 bits per heavy atom. The Hall–Kier alpha value is -2.64. The van der Waals surface area contributed by atoms with Gasteiger partial charge in [0.1, 0.15) is 0 Å². The van der Waals surface area contributed by atoms with E-state index < -0.39 is 11.7 Å². The van der Waals surface area contributed by atoms with Gasteiger partial charge in [-0.2, -0.15) is 13.2 Å². The molecule has 1 heterocycles. The third-order valence-electron chi connectivity index (χ3n) is 4.30. The van der Waals surface area contributed by atoms with Crippen molar-refractivity contribution in [1.82, 2.24) is 5.32 Å². The van der Waals surface area contributed by atoms with Gasteiger partial charge in [-0.05, 0) is 47.2 Å². The summed E-state index contributed by atoms with van der Waals surface area (Å²) in [5, 5.41) is 14.1. The Bertz CT molecular complexity index is 922. The number of hydrogen-bond acceptors (Lipinski definition) is 3. The molecule has 7 heteroatoms. The molecule has 2 N–H and O–H groups in total. The lowest BCUT2D eigenvalue weighted by Crippen LogP contribution is -2.29. The first kappa shape index (κ1) is 20.1. The molecule has 0 saturated heterocycles. The molecule has 0 fully saturated rings. The van der Waals surface area contributed by atoms with Crippen LogP contribution in [0, 0.1) is 0 Å². The number of amides is 1. The van der Waals surface area contributed by atoms with E-state index in [1.165, 1.54) is 23.5 Å². The molecule has 28 heavy (non-hydrogen) atoms. The topological polar surface area (TPSA) is 49.3 Å². The quantitative estimate of drug-likeness (QED) is 0.586. The lowest BCUT2D eigenvalue weighted by atomic mass is 9.97. The monoisotopic (exact) mass is 405 g/mol. The second-order valence-corrected chi connectivity index (χ2v) is 7.15. The van der Waals surface area contributed by atoms with Gasteiger partial charge in [-0.1, -0.05) is 36.4 Å². The van der Waals surface area contributed by atoms with Crippen LogP contribution in [0.3, 0.4) is 0 Å². The minimum Gasteiger partial charge on any atom is -0.396 e. The van der Waals surface area contributed by atoms with Gasteiger partial charge in [0.15, 0.2) is 0 Å². The van der Waals surface area contributed by atoms with Crippen molar-refractivity contribution in [3.63, 3.8) is 0 Å². The van der Waals surface area contributed by atoms with Gasteiger partial charge < -0.3 is 10.4 Å². The lowest BCUT2D eigenvalue weighted by Gasteiger charge is -2.18. The summed E-state index contributed by atoms with van der Waals surface area (Å²) in [6.45, 7) is -0.0800. The third-order valence-corrected chi connectivity index (χ3v) is 5.29. The zero-order valence-corrected chi connectivity index (χ0v) is 15.6. The fraction of sp³-hybridized carbons (Fsp3) is 0.190. The Kier molecular flexibility index (Phi) is 6.16. The average molecular weight is 405 g/mol. The first-order valence-electron chi connectivity index (χ1n) is 8.62. The van der Waals surface area contributed by atoms with Crippen molar-refractivity contribution < 1.29 is 23.1 Å². The van der Waals surface area contributed by atoms with E-state index in [0.29, 0.717) is 23.1 Å². The second kappa shape index (κ2) is 8.58. The molecule has 0 bridgehead atoms. The van der Waals surface area contributed by atoms with Gasteiger partial charge in [-0.3, -0.25) is 4.79 Å². The van der Waals surface area contributed by atoms with Crippen LogP contribution in [0.25, 0.3) is 11.1 Å². The van der Waals surface area contributed by atoms with Crippen molar-refractivity contribution in [1.29, 1.82) is 0 Å². The predicted molar refractivity (Wildman–Crippen MR) is 103 cm³/mol. The number of aliphatic hydroxyl groups is 1. The number of carbonyl (C=O) groups excluding carboxylic acids is 1. The van der Waals surface area contributed by atoms with E-state index in [1.54, 1.807) is 24.3 Å². The summed E-state index contributed by atoms with van der Waals surface area (Å²) in [5.41, 5.74) is 0.692. The van der Waals surface area contributed by atoms with Crippen LogP contribution in [0.4, 0.5) is 13.2 Å². The predicted octanol–water partition coefficient (Wildman–Crippen LogP) is 5.29. The van der Waals surface area contributed by atoms with Crippen molar-refractivity contribution in [2.24, 2.45) is 0 Å². The van der Waals surface area contributed by atoms with Crippen molar-refractivity contribution >= 4 is 17.2 Å². The molecular formula is C21H18F3NO2S. The number of rotatable bonds is 6. The van der Waals surface area contributed by atoms with Gasteiger partial charge in [-0.25, -0.2) is 0 Å². The standard InChI is InChI=1S/C21H18F3NO2S/c22-21(23,24)15-9-7-14(8-10-15)16-4-1-2-5-17(16)20(27)25-18(11-12-26)19-6-3-13-28-19/h1-10,13,18,26H,11-12H2,(H,25,27). The van der Waals surface area contributed by atoms with E-state index in [9.17, 15) is 23.1 Å². The molecule has 0 radical (unpaired) electrons. The van der Waals surface area contributed by atoms with Crippen molar-refractivity contribution in [2.45, 2.75) is 18.6 Å². The summed E-state index contributed by atoms with van der Waals surface area (Å²) < 4.78 is 38.4. The first-order chi connectivity index (χ1) is 13.4.